The summed E-state index contributed by atoms with van der Waals surface area (Å²) in [6.45, 7) is 4.00. The molecule has 2 aliphatic rings. The van der Waals surface area contributed by atoms with Crippen LogP contribution >= 0.6 is 11.8 Å². The van der Waals surface area contributed by atoms with Crippen LogP contribution in [0.3, 0.4) is 0 Å². The van der Waals surface area contributed by atoms with E-state index in [1.807, 2.05) is 11.8 Å². The van der Waals surface area contributed by atoms with E-state index in [1.165, 1.54) is 4.90 Å². The van der Waals surface area contributed by atoms with Crippen molar-refractivity contribution in [2.24, 2.45) is 5.92 Å². The topological polar surface area (TPSA) is 82.1 Å². The number of carbonyl (C=O) groups excluding carboxylic acids is 1. The molecule has 8 heteroatoms. The van der Waals surface area contributed by atoms with Crippen molar-refractivity contribution in [3.05, 3.63) is 0 Å². The predicted octanol–water partition coefficient (Wildman–Crippen LogP) is -0.224. The quantitative estimate of drug-likeness (QED) is 0.729. The first-order valence-corrected chi connectivity index (χ1v) is 8.36. The van der Waals surface area contributed by atoms with Crippen LogP contribution in [0.1, 0.15) is 0 Å². The summed E-state index contributed by atoms with van der Waals surface area (Å²) in [6, 6.07) is -0.628. The first kappa shape index (κ1) is 16.4. The molecule has 2 rings (SSSR count). The number of rotatable bonds is 5. The lowest BCUT2D eigenvalue weighted by atomic mass is 10.0. The number of carbonyl (C=O) groups is 2. The van der Waals surface area contributed by atoms with Crippen molar-refractivity contribution in [3.8, 4) is 0 Å². The lowest BCUT2D eigenvalue weighted by Crippen LogP contribution is -2.49. The van der Waals surface area contributed by atoms with Gasteiger partial charge in [-0.15, -0.1) is 0 Å². The number of carboxylic acids is 1. The van der Waals surface area contributed by atoms with Crippen LogP contribution in [0.5, 0.6) is 0 Å². The fourth-order valence-corrected chi connectivity index (χ4v) is 3.56. The third kappa shape index (κ3) is 4.49. The fourth-order valence-electron chi connectivity index (χ4n) is 2.58. The molecule has 0 aliphatic carbocycles. The minimum atomic E-state index is -0.914. The van der Waals surface area contributed by atoms with Gasteiger partial charge in [-0.3, -0.25) is 9.69 Å². The lowest BCUT2D eigenvalue weighted by molar-refractivity contribution is -0.142. The highest BCUT2D eigenvalue weighted by Crippen LogP contribution is 2.18. The summed E-state index contributed by atoms with van der Waals surface area (Å²) in [5.74, 6) is 0.740. The van der Waals surface area contributed by atoms with Crippen molar-refractivity contribution >= 4 is 23.8 Å². The van der Waals surface area contributed by atoms with E-state index in [0.717, 1.165) is 31.1 Å². The average Bonchev–Trinajstić information content (AvgIpc) is 2.97. The highest BCUT2D eigenvalue weighted by atomic mass is 32.2. The molecular formula is C13H23N3O4S. The number of nitrogens with zero attached hydrogens (tertiary/aromatic N) is 2. The van der Waals surface area contributed by atoms with Gasteiger partial charge in [0.2, 0.25) is 0 Å². The van der Waals surface area contributed by atoms with E-state index in [0.29, 0.717) is 6.54 Å². The van der Waals surface area contributed by atoms with Gasteiger partial charge in [-0.25, -0.2) is 4.79 Å². The molecule has 2 aliphatic heterocycles. The molecule has 2 fully saturated rings. The summed E-state index contributed by atoms with van der Waals surface area (Å²) in [4.78, 5) is 27.0. The molecule has 0 bridgehead atoms. The molecule has 2 N–H and O–H groups in total. The molecular weight excluding hydrogens is 294 g/mol. The van der Waals surface area contributed by atoms with E-state index in [-0.39, 0.29) is 19.2 Å². The van der Waals surface area contributed by atoms with Crippen molar-refractivity contribution in [2.45, 2.75) is 6.04 Å². The third-order valence-corrected chi connectivity index (χ3v) is 4.94. The maximum Gasteiger partial charge on any atom is 0.317 e. The molecule has 0 radical (unpaired) electrons. The van der Waals surface area contributed by atoms with E-state index in [2.05, 4.69) is 10.2 Å². The first-order chi connectivity index (χ1) is 10.1. The summed E-state index contributed by atoms with van der Waals surface area (Å²) in [6.07, 6.45) is 0. The zero-order valence-electron chi connectivity index (χ0n) is 12.3. The number of carboxylic acid groups (broad SMARTS) is 1. The van der Waals surface area contributed by atoms with Gasteiger partial charge in [0.05, 0.1) is 19.3 Å². The molecule has 0 aromatic carbocycles. The fraction of sp³-hybridized carbons (Fsp3) is 0.846. The van der Waals surface area contributed by atoms with Crippen LogP contribution in [0, 0.1) is 5.92 Å². The van der Waals surface area contributed by atoms with Gasteiger partial charge in [-0.1, -0.05) is 0 Å². The number of amides is 2. The Hall–Kier alpha value is -0.990. The number of hydrogen-bond donors (Lipinski definition) is 2. The molecule has 2 heterocycles. The number of nitrogens with one attached hydrogen (secondary N) is 1. The maximum absolute atomic E-state index is 12.1. The van der Waals surface area contributed by atoms with E-state index < -0.39 is 17.9 Å². The van der Waals surface area contributed by atoms with Gasteiger partial charge in [0.15, 0.2) is 0 Å². The number of aliphatic carboxylic acids is 1. The molecule has 7 nitrogen and oxygen atoms in total. The largest absolute Gasteiger partial charge is 0.481 e. The highest BCUT2D eigenvalue weighted by Gasteiger charge is 2.38. The lowest BCUT2D eigenvalue weighted by Gasteiger charge is -2.28. The summed E-state index contributed by atoms with van der Waals surface area (Å²) >= 11 is 1.96. The minimum absolute atomic E-state index is 0.170. The molecule has 2 atom stereocenters. The Morgan fingerprint density at radius 3 is 2.76 bits per heavy atom. The molecule has 120 valence electrons. The molecule has 21 heavy (non-hydrogen) atoms. The third-order valence-electron chi connectivity index (χ3n) is 3.99. The number of hydrogen-bond acceptors (Lipinski definition) is 5. The normalized spacial score (nSPS) is 26.5. The van der Waals surface area contributed by atoms with Crippen molar-refractivity contribution in [2.75, 3.05) is 57.9 Å². The van der Waals surface area contributed by atoms with Crippen LogP contribution in [0.2, 0.25) is 0 Å². The van der Waals surface area contributed by atoms with Crippen molar-refractivity contribution in [1.29, 1.82) is 0 Å². The Morgan fingerprint density at radius 1 is 1.38 bits per heavy atom. The monoisotopic (exact) mass is 317 g/mol. The summed E-state index contributed by atoms with van der Waals surface area (Å²) in [7, 11) is 1.63. The maximum atomic E-state index is 12.1. The van der Waals surface area contributed by atoms with E-state index >= 15 is 0 Å². The molecule has 0 spiro atoms. The van der Waals surface area contributed by atoms with Crippen LogP contribution in [0.15, 0.2) is 0 Å². The van der Waals surface area contributed by atoms with E-state index in [4.69, 9.17) is 9.84 Å². The van der Waals surface area contributed by atoms with Crippen LogP contribution in [0.4, 0.5) is 4.79 Å². The SMILES string of the molecule is CN(C(=O)NCCN1CCSCC1)C1COCC1C(=O)O. The van der Waals surface area contributed by atoms with Crippen molar-refractivity contribution < 1.29 is 19.4 Å². The van der Waals surface area contributed by atoms with Crippen LogP contribution in [-0.2, 0) is 9.53 Å². The number of urea groups is 1. The van der Waals surface area contributed by atoms with Gasteiger partial charge < -0.3 is 20.1 Å². The Labute approximate surface area is 129 Å². The first-order valence-electron chi connectivity index (χ1n) is 7.21. The molecule has 0 saturated carbocycles. The highest BCUT2D eigenvalue weighted by molar-refractivity contribution is 7.99. The van der Waals surface area contributed by atoms with Crippen molar-refractivity contribution in [1.82, 2.24) is 15.1 Å². The van der Waals surface area contributed by atoms with Crippen molar-refractivity contribution in [3.63, 3.8) is 0 Å². The van der Waals surface area contributed by atoms with Gasteiger partial charge in [0.1, 0.15) is 5.92 Å². The molecule has 0 aromatic heterocycles. The van der Waals surface area contributed by atoms with Gasteiger partial charge >= 0.3 is 12.0 Å². The Bertz CT molecular complexity index is 376. The second kappa shape index (κ2) is 7.86. The molecule has 2 saturated heterocycles. The van der Waals surface area contributed by atoms with Gasteiger partial charge in [-0.05, 0) is 0 Å². The van der Waals surface area contributed by atoms with Crippen LogP contribution in [0.25, 0.3) is 0 Å². The summed E-state index contributed by atoms with van der Waals surface area (Å²) in [5, 5.41) is 12.0. The summed E-state index contributed by atoms with van der Waals surface area (Å²) < 4.78 is 5.19. The number of likely N-dealkylation sites (N-methyl/N-ethyl adjacent to an activating group) is 1. The zero-order chi connectivity index (χ0) is 15.2. The Balaban J connectivity index is 1.73. The average molecular weight is 317 g/mol. The second-order valence-corrected chi connectivity index (χ2v) is 6.57. The zero-order valence-corrected chi connectivity index (χ0v) is 13.1. The Kier molecular flexibility index (Phi) is 6.13. The summed E-state index contributed by atoms with van der Waals surface area (Å²) in [5.41, 5.74) is 0. The smallest absolute Gasteiger partial charge is 0.317 e. The van der Waals surface area contributed by atoms with E-state index in [1.54, 1.807) is 7.05 Å². The van der Waals surface area contributed by atoms with E-state index in [9.17, 15) is 9.59 Å². The standard InChI is InChI=1S/C13H23N3O4S/c1-15(11-9-20-8-10(11)12(17)18)13(19)14-2-3-16-4-6-21-7-5-16/h10-11H,2-9H2,1H3,(H,14,19)(H,17,18). The number of thioether (sulfide) groups is 1. The Morgan fingerprint density at radius 2 is 2.10 bits per heavy atom. The van der Waals surface area contributed by atoms with Gasteiger partial charge in [-0.2, -0.15) is 11.8 Å². The van der Waals surface area contributed by atoms with Crippen LogP contribution < -0.4 is 5.32 Å². The second-order valence-electron chi connectivity index (χ2n) is 5.35. The molecule has 0 aromatic rings. The number of ether oxygens (including phenoxy) is 1. The molecule has 2 unspecified atom stereocenters. The molecule has 2 amide bonds. The predicted molar refractivity (Wildman–Crippen MR) is 80.7 cm³/mol. The van der Waals surface area contributed by atoms with Crippen LogP contribution in [-0.4, -0.2) is 90.9 Å². The van der Waals surface area contributed by atoms with Gasteiger partial charge in [0, 0.05) is 44.7 Å². The van der Waals surface area contributed by atoms with Gasteiger partial charge in [0.25, 0.3) is 0 Å². The minimum Gasteiger partial charge on any atom is -0.481 e.